The van der Waals surface area contributed by atoms with Crippen molar-refractivity contribution in [1.29, 1.82) is 0 Å². The Balaban J connectivity index is 2.58. The van der Waals surface area contributed by atoms with Crippen LogP contribution >= 0.6 is 0 Å². The molecule has 1 unspecified atom stereocenters. The summed E-state index contributed by atoms with van der Waals surface area (Å²) in [5.41, 5.74) is 12.1. The third-order valence-corrected chi connectivity index (χ3v) is 2.01. The van der Waals surface area contributed by atoms with E-state index in [1.54, 1.807) is 12.1 Å². The Morgan fingerprint density at radius 1 is 1.31 bits per heavy atom. The highest BCUT2D eigenvalue weighted by molar-refractivity contribution is 5.32. The van der Waals surface area contributed by atoms with Crippen molar-refractivity contribution in [2.75, 3.05) is 6.54 Å². The minimum Gasteiger partial charge on any atom is -0.508 e. The Hall–Kier alpha value is -1.06. The van der Waals surface area contributed by atoms with Crippen LogP contribution in [0.4, 0.5) is 0 Å². The molecule has 5 N–H and O–H groups in total. The number of para-hydroxylation sites is 1. The maximum absolute atomic E-state index is 9.44. The second-order valence-corrected chi connectivity index (χ2v) is 3.17. The third-order valence-electron chi connectivity index (χ3n) is 2.01. The van der Waals surface area contributed by atoms with E-state index in [0.29, 0.717) is 18.7 Å². The first-order valence-corrected chi connectivity index (χ1v) is 4.46. The van der Waals surface area contributed by atoms with Gasteiger partial charge < -0.3 is 16.6 Å². The van der Waals surface area contributed by atoms with E-state index in [4.69, 9.17) is 11.5 Å². The predicted molar refractivity (Wildman–Crippen MR) is 53.5 cm³/mol. The topological polar surface area (TPSA) is 72.3 Å². The van der Waals surface area contributed by atoms with Crippen molar-refractivity contribution in [2.24, 2.45) is 11.5 Å². The van der Waals surface area contributed by atoms with Crippen LogP contribution in [0.25, 0.3) is 0 Å². The number of hydrogen-bond donors (Lipinski definition) is 3. The molecule has 13 heavy (non-hydrogen) atoms. The largest absolute Gasteiger partial charge is 0.508 e. The Kier molecular flexibility index (Phi) is 3.73. The van der Waals surface area contributed by atoms with E-state index in [0.717, 1.165) is 12.0 Å². The standard InChI is InChI=1S/C10H16N2O/c11-6-5-9(12)7-8-3-1-2-4-10(8)13/h1-4,9,13H,5-7,11-12H2. The van der Waals surface area contributed by atoms with Crippen molar-refractivity contribution in [1.82, 2.24) is 0 Å². The van der Waals surface area contributed by atoms with Gasteiger partial charge in [0.1, 0.15) is 5.75 Å². The lowest BCUT2D eigenvalue weighted by Crippen LogP contribution is -2.25. The van der Waals surface area contributed by atoms with Crippen molar-refractivity contribution in [3.63, 3.8) is 0 Å². The van der Waals surface area contributed by atoms with Crippen LogP contribution in [-0.4, -0.2) is 17.7 Å². The van der Waals surface area contributed by atoms with E-state index >= 15 is 0 Å². The molecule has 3 heteroatoms. The maximum Gasteiger partial charge on any atom is 0.118 e. The van der Waals surface area contributed by atoms with Crippen molar-refractivity contribution in [3.8, 4) is 5.75 Å². The Labute approximate surface area is 78.4 Å². The molecule has 0 saturated carbocycles. The van der Waals surface area contributed by atoms with Crippen molar-refractivity contribution < 1.29 is 5.11 Å². The number of nitrogens with two attached hydrogens (primary N) is 2. The quantitative estimate of drug-likeness (QED) is 0.635. The fourth-order valence-corrected chi connectivity index (χ4v) is 1.28. The molecule has 1 aromatic carbocycles. The van der Waals surface area contributed by atoms with Crippen LogP contribution in [0.15, 0.2) is 24.3 Å². The van der Waals surface area contributed by atoms with E-state index in [-0.39, 0.29) is 6.04 Å². The van der Waals surface area contributed by atoms with E-state index in [1.807, 2.05) is 12.1 Å². The summed E-state index contributed by atoms with van der Waals surface area (Å²) in [6.07, 6.45) is 1.47. The van der Waals surface area contributed by atoms with Gasteiger partial charge in [0.05, 0.1) is 0 Å². The van der Waals surface area contributed by atoms with Crippen LogP contribution in [-0.2, 0) is 6.42 Å². The van der Waals surface area contributed by atoms with Gasteiger partial charge in [0.2, 0.25) is 0 Å². The molecule has 1 rings (SSSR count). The lowest BCUT2D eigenvalue weighted by Gasteiger charge is -2.10. The van der Waals surface area contributed by atoms with Crippen molar-refractivity contribution in [2.45, 2.75) is 18.9 Å². The molecule has 3 nitrogen and oxygen atoms in total. The Bertz CT molecular complexity index is 263. The van der Waals surface area contributed by atoms with Gasteiger partial charge in [-0.25, -0.2) is 0 Å². The second-order valence-electron chi connectivity index (χ2n) is 3.17. The fraction of sp³-hybridized carbons (Fsp3) is 0.400. The van der Waals surface area contributed by atoms with E-state index < -0.39 is 0 Å². The van der Waals surface area contributed by atoms with Crippen LogP contribution in [0.3, 0.4) is 0 Å². The van der Waals surface area contributed by atoms with Crippen LogP contribution < -0.4 is 11.5 Å². The van der Waals surface area contributed by atoms with Gasteiger partial charge in [0.15, 0.2) is 0 Å². The molecule has 0 saturated heterocycles. The summed E-state index contributed by atoms with van der Waals surface area (Å²) >= 11 is 0. The first-order valence-electron chi connectivity index (χ1n) is 4.46. The van der Waals surface area contributed by atoms with Gasteiger partial charge in [-0.2, -0.15) is 0 Å². The van der Waals surface area contributed by atoms with Gasteiger partial charge in [0, 0.05) is 6.04 Å². The summed E-state index contributed by atoms with van der Waals surface area (Å²) in [6.45, 7) is 0.592. The summed E-state index contributed by atoms with van der Waals surface area (Å²) < 4.78 is 0. The fourth-order valence-electron chi connectivity index (χ4n) is 1.28. The number of benzene rings is 1. The molecule has 0 aromatic heterocycles. The van der Waals surface area contributed by atoms with Crippen LogP contribution in [0, 0.1) is 0 Å². The zero-order chi connectivity index (χ0) is 9.68. The molecular formula is C10H16N2O. The van der Waals surface area contributed by atoms with E-state index in [1.165, 1.54) is 0 Å². The SMILES string of the molecule is NCCC(N)Cc1ccccc1O. The smallest absolute Gasteiger partial charge is 0.118 e. The number of rotatable bonds is 4. The second kappa shape index (κ2) is 4.84. The molecule has 0 bridgehead atoms. The first-order chi connectivity index (χ1) is 6.24. The van der Waals surface area contributed by atoms with Gasteiger partial charge in [-0.3, -0.25) is 0 Å². The molecule has 1 atom stereocenters. The molecule has 0 aliphatic heterocycles. The number of phenols is 1. The Morgan fingerprint density at radius 3 is 2.62 bits per heavy atom. The van der Waals surface area contributed by atoms with Crippen LogP contribution in [0.2, 0.25) is 0 Å². The highest BCUT2D eigenvalue weighted by Gasteiger charge is 2.05. The molecule has 0 aliphatic carbocycles. The van der Waals surface area contributed by atoms with Gasteiger partial charge in [-0.1, -0.05) is 18.2 Å². The molecule has 0 amide bonds. The van der Waals surface area contributed by atoms with Crippen LogP contribution in [0.5, 0.6) is 5.75 Å². The minimum atomic E-state index is 0.0401. The van der Waals surface area contributed by atoms with Gasteiger partial charge in [0.25, 0.3) is 0 Å². The number of aromatic hydroxyl groups is 1. The minimum absolute atomic E-state index is 0.0401. The number of phenolic OH excluding ortho intramolecular Hbond substituents is 1. The zero-order valence-electron chi connectivity index (χ0n) is 7.61. The monoisotopic (exact) mass is 180 g/mol. The highest BCUT2D eigenvalue weighted by Crippen LogP contribution is 2.17. The highest BCUT2D eigenvalue weighted by atomic mass is 16.3. The lowest BCUT2D eigenvalue weighted by molar-refractivity contribution is 0.463. The Morgan fingerprint density at radius 2 is 2.00 bits per heavy atom. The normalized spacial score (nSPS) is 12.8. The lowest BCUT2D eigenvalue weighted by atomic mass is 10.0. The molecule has 0 radical (unpaired) electrons. The zero-order valence-corrected chi connectivity index (χ0v) is 7.61. The summed E-state index contributed by atoms with van der Waals surface area (Å²) in [6, 6.07) is 7.28. The molecule has 0 heterocycles. The maximum atomic E-state index is 9.44. The third kappa shape index (κ3) is 3.05. The van der Waals surface area contributed by atoms with Crippen LogP contribution in [0.1, 0.15) is 12.0 Å². The van der Waals surface area contributed by atoms with Gasteiger partial charge in [-0.15, -0.1) is 0 Å². The molecule has 1 aromatic rings. The number of hydrogen-bond acceptors (Lipinski definition) is 3. The van der Waals surface area contributed by atoms with Gasteiger partial charge >= 0.3 is 0 Å². The predicted octanol–water partition coefficient (Wildman–Crippen LogP) is 0.611. The summed E-state index contributed by atoms with van der Waals surface area (Å²) in [7, 11) is 0. The summed E-state index contributed by atoms with van der Waals surface area (Å²) in [5, 5.41) is 9.44. The van der Waals surface area contributed by atoms with Crippen molar-refractivity contribution >= 4 is 0 Å². The molecule has 0 fully saturated rings. The molecule has 72 valence electrons. The molecule has 0 spiro atoms. The average molecular weight is 180 g/mol. The van der Waals surface area contributed by atoms with E-state index in [9.17, 15) is 5.11 Å². The molecule has 0 aliphatic rings. The van der Waals surface area contributed by atoms with Gasteiger partial charge in [-0.05, 0) is 31.0 Å². The van der Waals surface area contributed by atoms with E-state index in [2.05, 4.69) is 0 Å². The van der Waals surface area contributed by atoms with Crippen molar-refractivity contribution in [3.05, 3.63) is 29.8 Å². The molecular weight excluding hydrogens is 164 g/mol. The first kappa shape index (κ1) is 10.0. The summed E-state index contributed by atoms with van der Waals surface area (Å²) in [4.78, 5) is 0. The summed E-state index contributed by atoms with van der Waals surface area (Å²) in [5.74, 6) is 0.315. The average Bonchev–Trinajstić information content (AvgIpc) is 2.09.